The molecule has 0 saturated heterocycles. The largest absolute Gasteiger partial charge is 0.497 e. The second-order valence-corrected chi connectivity index (χ2v) is 8.70. The van der Waals surface area contributed by atoms with Crippen molar-refractivity contribution in [3.8, 4) is 16.9 Å². The Morgan fingerprint density at radius 2 is 1.69 bits per heavy atom. The molecule has 7 nitrogen and oxygen atoms in total. The molecule has 4 aromatic rings. The maximum absolute atomic E-state index is 12.7. The highest BCUT2D eigenvalue weighted by Gasteiger charge is 2.30. The number of alkyl carbamates (subject to hydrolysis) is 1. The molecular weight excluding hydrogens is 444 g/mol. The van der Waals surface area contributed by atoms with Crippen LogP contribution in [0.4, 0.5) is 4.79 Å². The highest BCUT2D eigenvalue weighted by atomic mass is 16.5. The van der Waals surface area contributed by atoms with Gasteiger partial charge in [-0.25, -0.2) is 9.59 Å². The summed E-state index contributed by atoms with van der Waals surface area (Å²) in [4.78, 5) is 28.0. The smallest absolute Gasteiger partial charge is 0.407 e. The summed E-state index contributed by atoms with van der Waals surface area (Å²) in [6, 6.07) is 20.6. The molecule has 0 aliphatic heterocycles. The first-order valence-electron chi connectivity index (χ1n) is 11.5. The molecule has 1 aliphatic rings. The minimum atomic E-state index is -1.14. The number of fused-ring (bicyclic) bond motifs is 4. The second kappa shape index (κ2) is 9.18. The Hall–Kier alpha value is -4.26. The number of carboxylic acids is 1. The molecule has 1 atom stereocenters. The molecule has 0 unspecified atom stereocenters. The number of aromatic amines is 1. The minimum absolute atomic E-state index is 0.0974. The predicted molar refractivity (Wildman–Crippen MR) is 133 cm³/mol. The standard InChI is InChI=1S/C28H26N2O5/c1-16-22(23-13-17(34-2)11-12-25(23)29-16)14-26(27(31)32)30-28(33)35-15-24-20-9-5-3-7-18(20)19-8-4-6-10-21(19)24/h3-13,24,26,29H,14-15H2,1-2H3,(H,30,33)(H,31,32)/t26-/m0/s1. The lowest BCUT2D eigenvalue weighted by Gasteiger charge is -2.18. The lowest BCUT2D eigenvalue weighted by molar-refractivity contribution is -0.139. The molecule has 0 saturated carbocycles. The summed E-state index contributed by atoms with van der Waals surface area (Å²) >= 11 is 0. The summed E-state index contributed by atoms with van der Waals surface area (Å²) < 4.78 is 10.9. The number of carbonyl (C=O) groups is 2. The molecule has 7 heteroatoms. The van der Waals surface area contributed by atoms with E-state index in [0.717, 1.165) is 44.4 Å². The van der Waals surface area contributed by atoms with Crippen molar-refractivity contribution < 1.29 is 24.2 Å². The summed E-state index contributed by atoms with van der Waals surface area (Å²) in [6.07, 6.45) is -0.646. The Morgan fingerprint density at radius 1 is 1.03 bits per heavy atom. The van der Waals surface area contributed by atoms with Crippen LogP contribution in [0.25, 0.3) is 22.0 Å². The number of carbonyl (C=O) groups excluding carboxylic acids is 1. The van der Waals surface area contributed by atoms with E-state index in [4.69, 9.17) is 9.47 Å². The average molecular weight is 471 g/mol. The summed E-state index contributed by atoms with van der Waals surface area (Å²) in [5, 5.41) is 13.2. The van der Waals surface area contributed by atoms with Gasteiger partial charge in [-0.3, -0.25) is 0 Å². The third-order valence-corrected chi connectivity index (χ3v) is 6.67. The minimum Gasteiger partial charge on any atom is -0.497 e. The van der Waals surface area contributed by atoms with E-state index in [1.807, 2.05) is 61.5 Å². The highest BCUT2D eigenvalue weighted by Crippen LogP contribution is 2.44. The maximum Gasteiger partial charge on any atom is 0.407 e. The van der Waals surface area contributed by atoms with Crippen molar-refractivity contribution in [1.29, 1.82) is 0 Å². The van der Waals surface area contributed by atoms with Crippen LogP contribution in [0.2, 0.25) is 0 Å². The number of benzene rings is 3. The molecule has 35 heavy (non-hydrogen) atoms. The number of aromatic nitrogens is 1. The first-order valence-corrected chi connectivity index (χ1v) is 11.5. The molecule has 1 heterocycles. The maximum atomic E-state index is 12.7. The summed E-state index contributed by atoms with van der Waals surface area (Å²) in [5.41, 5.74) is 6.98. The molecule has 0 radical (unpaired) electrons. The topological polar surface area (TPSA) is 101 Å². The third-order valence-electron chi connectivity index (χ3n) is 6.67. The van der Waals surface area contributed by atoms with Crippen LogP contribution in [0.15, 0.2) is 66.7 Å². The van der Waals surface area contributed by atoms with Gasteiger partial charge in [0.2, 0.25) is 0 Å². The van der Waals surface area contributed by atoms with Crippen LogP contribution < -0.4 is 10.1 Å². The van der Waals surface area contributed by atoms with Crippen molar-refractivity contribution in [2.75, 3.05) is 13.7 Å². The SMILES string of the molecule is COc1ccc2[nH]c(C)c(C[C@H](NC(=O)OCC3c4ccccc4-c4ccccc43)C(=O)O)c2c1. The number of amides is 1. The summed E-state index contributed by atoms with van der Waals surface area (Å²) in [5.74, 6) is -0.552. The lowest BCUT2D eigenvalue weighted by Crippen LogP contribution is -2.43. The van der Waals surface area contributed by atoms with E-state index in [9.17, 15) is 14.7 Å². The molecule has 1 aliphatic carbocycles. The fourth-order valence-corrected chi connectivity index (χ4v) is 4.94. The van der Waals surface area contributed by atoms with Crippen LogP contribution in [0.5, 0.6) is 5.75 Å². The van der Waals surface area contributed by atoms with E-state index in [0.29, 0.717) is 5.75 Å². The number of hydrogen-bond acceptors (Lipinski definition) is 4. The number of rotatable bonds is 7. The van der Waals surface area contributed by atoms with Gasteiger partial charge in [-0.1, -0.05) is 48.5 Å². The van der Waals surface area contributed by atoms with Gasteiger partial charge in [0.05, 0.1) is 7.11 Å². The van der Waals surface area contributed by atoms with E-state index >= 15 is 0 Å². The Bertz CT molecular complexity index is 1380. The van der Waals surface area contributed by atoms with Gasteiger partial charge in [-0.05, 0) is 52.9 Å². The molecule has 3 aromatic carbocycles. The molecule has 0 spiro atoms. The predicted octanol–water partition coefficient (Wildman–Crippen LogP) is 5.02. The summed E-state index contributed by atoms with van der Waals surface area (Å²) in [6.45, 7) is 2.00. The van der Waals surface area contributed by atoms with E-state index in [1.54, 1.807) is 7.11 Å². The van der Waals surface area contributed by atoms with E-state index in [2.05, 4.69) is 22.4 Å². The molecule has 5 rings (SSSR count). The van der Waals surface area contributed by atoms with Crippen molar-refractivity contribution in [2.24, 2.45) is 0 Å². The number of ether oxygens (including phenoxy) is 2. The normalized spacial score (nSPS) is 13.2. The summed E-state index contributed by atoms with van der Waals surface area (Å²) in [7, 11) is 1.58. The van der Waals surface area contributed by atoms with E-state index in [1.165, 1.54) is 0 Å². The van der Waals surface area contributed by atoms with Crippen LogP contribution in [0, 0.1) is 6.92 Å². The lowest BCUT2D eigenvalue weighted by atomic mass is 9.98. The van der Waals surface area contributed by atoms with Crippen molar-refractivity contribution in [2.45, 2.75) is 25.3 Å². The first-order chi connectivity index (χ1) is 17.0. The van der Waals surface area contributed by atoms with Gasteiger partial charge < -0.3 is 24.9 Å². The highest BCUT2D eigenvalue weighted by molar-refractivity contribution is 5.88. The monoisotopic (exact) mass is 470 g/mol. The number of carboxylic acid groups (broad SMARTS) is 1. The second-order valence-electron chi connectivity index (χ2n) is 8.70. The number of nitrogens with one attached hydrogen (secondary N) is 2. The van der Waals surface area contributed by atoms with Gasteiger partial charge in [0, 0.05) is 28.9 Å². The molecule has 178 valence electrons. The number of aryl methyl sites for hydroxylation is 1. The van der Waals surface area contributed by atoms with Gasteiger partial charge >= 0.3 is 12.1 Å². The van der Waals surface area contributed by atoms with Crippen molar-refractivity contribution in [1.82, 2.24) is 10.3 Å². The number of H-pyrrole nitrogens is 1. The van der Waals surface area contributed by atoms with Crippen LogP contribution in [-0.2, 0) is 16.0 Å². The third kappa shape index (κ3) is 4.21. The molecule has 0 bridgehead atoms. The fraction of sp³-hybridized carbons (Fsp3) is 0.214. The molecule has 3 N–H and O–H groups in total. The zero-order valence-corrected chi connectivity index (χ0v) is 19.5. The molecule has 1 aromatic heterocycles. The molecule has 1 amide bonds. The Kier molecular flexibility index (Phi) is 5.91. The zero-order valence-electron chi connectivity index (χ0n) is 19.5. The van der Waals surface area contributed by atoms with Crippen LogP contribution in [0.1, 0.15) is 28.3 Å². The fourth-order valence-electron chi connectivity index (χ4n) is 4.94. The van der Waals surface area contributed by atoms with Crippen LogP contribution in [0.3, 0.4) is 0 Å². The van der Waals surface area contributed by atoms with Crippen molar-refractivity contribution in [3.05, 3.63) is 89.1 Å². The van der Waals surface area contributed by atoms with Gasteiger partial charge in [0.1, 0.15) is 18.4 Å². The van der Waals surface area contributed by atoms with Crippen molar-refractivity contribution in [3.63, 3.8) is 0 Å². The van der Waals surface area contributed by atoms with Crippen molar-refractivity contribution >= 4 is 23.0 Å². The quantitative estimate of drug-likeness (QED) is 0.352. The van der Waals surface area contributed by atoms with Gasteiger partial charge in [-0.15, -0.1) is 0 Å². The average Bonchev–Trinajstić information content (AvgIpc) is 3.35. The number of aliphatic carboxylic acids is 1. The Balaban J connectivity index is 1.31. The molecule has 0 fully saturated rings. The van der Waals surface area contributed by atoms with E-state index < -0.39 is 18.1 Å². The zero-order chi connectivity index (χ0) is 24.5. The Morgan fingerprint density at radius 3 is 2.31 bits per heavy atom. The van der Waals surface area contributed by atoms with Crippen LogP contribution >= 0.6 is 0 Å². The number of methoxy groups -OCH3 is 1. The van der Waals surface area contributed by atoms with Crippen LogP contribution in [-0.4, -0.2) is 41.9 Å². The molecular formula is C28H26N2O5. The van der Waals surface area contributed by atoms with Gasteiger partial charge in [-0.2, -0.15) is 0 Å². The van der Waals surface area contributed by atoms with E-state index in [-0.39, 0.29) is 18.9 Å². The van der Waals surface area contributed by atoms with Gasteiger partial charge in [0.15, 0.2) is 0 Å². The van der Waals surface area contributed by atoms with Gasteiger partial charge in [0.25, 0.3) is 0 Å². The first kappa shape index (κ1) is 22.5. The Labute approximate surface area is 202 Å². The number of hydrogen-bond donors (Lipinski definition) is 3.